The van der Waals surface area contributed by atoms with Crippen LogP contribution >= 0.6 is 0 Å². The molecule has 0 saturated carbocycles. The SMILES string of the molecule is CCn1ccc(CNC(=O)Nc2ccc3c(c2)C(=O)CC(C)(C)O3)n1. The van der Waals surface area contributed by atoms with E-state index < -0.39 is 5.60 Å². The van der Waals surface area contributed by atoms with Crippen molar-refractivity contribution in [3.05, 3.63) is 41.7 Å². The molecule has 1 aromatic carbocycles. The van der Waals surface area contributed by atoms with E-state index in [2.05, 4.69) is 15.7 Å². The van der Waals surface area contributed by atoms with Gasteiger partial charge in [0.05, 0.1) is 24.2 Å². The molecule has 0 spiro atoms. The number of urea groups is 1. The molecule has 1 aliphatic heterocycles. The third kappa shape index (κ3) is 3.99. The van der Waals surface area contributed by atoms with E-state index in [0.717, 1.165) is 12.2 Å². The van der Waals surface area contributed by atoms with Gasteiger partial charge in [-0.3, -0.25) is 9.48 Å². The Hall–Kier alpha value is -2.83. The number of hydrogen-bond donors (Lipinski definition) is 2. The van der Waals surface area contributed by atoms with Gasteiger partial charge in [-0.2, -0.15) is 5.10 Å². The molecule has 2 N–H and O–H groups in total. The summed E-state index contributed by atoms with van der Waals surface area (Å²) in [6, 6.07) is 6.60. The zero-order valence-electron chi connectivity index (χ0n) is 14.6. The first-order valence-electron chi connectivity index (χ1n) is 8.30. The lowest BCUT2D eigenvalue weighted by molar-refractivity contribution is 0.0620. The highest BCUT2D eigenvalue weighted by molar-refractivity contribution is 6.02. The molecule has 0 unspecified atom stereocenters. The van der Waals surface area contributed by atoms with Gasteiger partial charge >= 0.3 is 6.03 Å². The zero-order valence-corrected chi connectivity index (χ0v) is 14.6. The number of fused-ring (bicyclic) bond motifs is 1. The molecule has 7 nitrogen and oxygen atoms in total. The molecular weight excluding hydrogens is 320 g/mol. The number of aromatic nitrogens is 2. The number of benzene rings is 1. The molecule has 1 aromatic heterocycles. The maximum Gasteiger partial charge on any atom is 0.319 e. The number of amides is 2. The van der Waals surface area contributed by atoms with E-state index in [1.165, 1.54) is 0 Å². The predicted octanol–water partition coefficient (Wildman–Crippen LogP) is 2.97. The minimum Gasteiger partial charge on any atom is -0.487 e. The number of nitrogens with zero attached hydrogens (tertiary/aromatic N) is 2. The molecule has 2 aromatic rings. The van der Waals surface area contributed by atoms with Gasteiger partial charge in [0.15, 0.2) is 5.78 Å². The Labute approximate surface area is 146 Å². The monoisotopic (exact) mass is 342 g/mol. The first-order valence-corrected chi connectivity index (χ1v) is 8.30. The van der Waals surface area contributed by atoms with Crippen LogP contribution in [0.15, 0.2) is 30.5 Å². The van der Waals surface area contributed by atoms with Crippen molar-refractivity contribution < 1.29 is 14.3 Å². The minimum absolute atomic E-state index is 0.0143. The summed E-state index contributed by atoms with van der Waals surface area (Å²) in [5, 5.41) is 9.78. The molecule has 2 heterocycles. The molecule has 0 radical (unpaired) electrons. The number of aryl methyl sites for hydroxylation is 1. The molecule has 0 aliphatic carbocycles. The van der Waals surface area contributed by atoms with Gasteiger partial charge in [0.25, 0.3) is 0 Å². The van der Waals surface area contributed by atoms with Crippen LogP contribution < -0.4 is 15.4 Å². The summed E-state index contributed by atoms with van der Waals surface area (Å²) in [4.78, 5) is 24.3. The highest BCUT2D eigenvalue weighted by atomic mass is 16.5. The summed E-state index contributed by atoms with van der Waals surface area (Å²) in [5.41, 5.74) is 1.33. The minimum atomic E-state index is -0.502. The lowest BCUT2D eigenvalue weighted by atomic mass is 9.93. The third-order valence-electron chi connectivity index (χ3n) is 3.96. The van der Waals surface area contributed by atoms with Gasteiger partial charge in [0, 0.05) is 18.4 Å². The standard InChI is InChI=1S/C18H22N4O3/c1-4-22-8-7-13(21-22)11-19-17(24)20-12-5-6-16-14(9-12)15(23)10-18(2,3)25-16/h5-9H,4,10-11H2,1-3H3,(H2,19,20,24). The Morgan fingerprint density at radius 1 is 1.36 bits per heavy atom. The van der Waals surface area contributed by atoms with Gasteiger partial charge < -0.3 is 15.4 Å². The lowest BCUT2D eigenvalue weighted by Gasteiger charge is -2.31. The van der Waals surface area contributed by atoms with Crippen LogP contribution in [-0.4, -0.2) is 27.2 Å². The number of ether oxygens (including phenoxy) is 1. The normalized spacial score (nSPS) is 15.2. The average molecular weight is 342 g/mol. The summed E-state index contributed by atoms with van der Waals surface area (Å²) in [7, 11) is 0. The first-order chi connectivity index (χ1) is 11.9. The fraction of sp³-hybridized carbons (Fsp3) is 0.389. The molecular formula is C18H22N4O3. The third-order valence-corrected chi connectivity index (χ3v) is 3.96. The van der Waals surface area contributed by atoms with Crippen LogP contribution in [0, 0.1) is 0 Å². The second kappa shape index (κ2) is 6.58. The van der Waals surface area contributed by atoms with Gasteiger partial charge in [-0.25, -0.2) is 4.79 Å². The molecule has 0 fully saturated rings. The van der Waals surface area contributed by atoms with E-state index in [4.69, 9.17) is 4.74 Å². The first kappa shape index (κ1) is 17.0. The van der Waals surface area contributed by atoms with Crippen molar-refractivity contribution in [1.29, 1.82) is 0 Å². The number of Topliss-reactive ketones (excluding diaryl/α,β-unsaturated/α-hetero) is 1. The van der Waals surface area contributed by atoms with Crippen LogP contribution in [0.2, 0.25) is 0 Å². The van der Waals surface area contributed by atoms with Crippen molar-refractivity contribution in [3.63, 3.8) is 0 Å². The summed E-state index contributed by atoms with van der Waals surface area (Å²) < 4.78 is 7.61. The van der Waals surface area contributed by atoms with E-state index in [-0.39, 0.29) is 11.8 Å². The van der Waals surface area contributed by atoms with Crippen molar-refractivity contribution in [1.82, 2.24) is 15.1 Å². The maximum absolute atomic E-state index is 12.3. The predicted molar refractivity (Wildman–Crippen MR) is 93.9 cm³/mol. The molecule has 1 aliphatic rings. The number of carbonyl (C=O) groups excluding carboxylic acids is 2. The summed E-state index contributed by atoms with van der Waals surface area (Å²) >= 11 is 0. The van der Waals surface area contributed by atoms with Gasteiger partial charge in [-0.05, 0) is 45.0 Å². The van der Waals surface area contributed by atoms with Crippen molar-refractivity contribution in [2.24, 2.45) is 0 Å². The number of hydrogen-bond acceptors (Lipinski definition) is 4. The van der Waals surface area contributed by atoms with Crippen LogP contribution in [0.1, 0.15) is 43.2 Å². The van der Waals surface area contributed by atoms with Gasteiger partial charge in [0.1, 0.15) is 11.4 Å². The van der Waals surface area contributed by atoms with Crippen molar-refractivity contribution >= 4 is 17.5 Å². The average Bonchev–Trinajstić information content (AvgIpc) is 3.01. The van der Waals surface area contributed by atoms with Crippen molar-refractivity contribution in [2.75, 3.05) is 5.32 Å². The number of anilines is 1. The van der Waals surface area contributed by atoms with Crippen LogP contribution in [0.25, 0.3) is 0 Å². The Morgan fingerprint density at radius 2 is 2.16 bits per heavy atom. The second-order valence-electron chi connectivity index (χ2n) is 6.64. The van der Waals surface area contributed by atoms with Crippen LogP contribution in [0.5, 0.6) is 5.75 Å². The van der Waals surface area contributed by atoms with E-state index in [9.17, 15) is 9.59 Å². The maximum atomic E-state index is 12.3. The van der Waals surface area contributed by atoms with Crippen molar-refractivity contribution in [2.45, 2.75) is 45.9 Å². The quantitative estimate of drug-likeness (QED) is 0.894. The van der Waals surface area contributed by atoms with Gasteiger partial charge in [0.2, 0.25) is 0 Å². The fourth-order valence-corrected chi connectivity index (χ4v) is 2.75. The lowest BCUT2D eigenvalue weighted by Crippen LogP contribution is -2.36. The van der Waals surface area contributed by atoms with E-state index in [1.807, 2.05) is 33.0 Å². The summed E-state index contributed by atoms with van der Waals surface area (Å²) in [6.45, 7) is 6.88. The zero-order chi connectivity index (χ0) is 18.0. The number of carbonyl (C=O) groups is 2. The molecule has 7 heteroatoms. The molecule has 2 amide bonds. The van der Waals surface area contributed by atoms with E-state index >= 15 is 0 Å². The van der Waals surface area contributed by atoms with Crippen LogP contribution in [-0.2, 0) is 13.1 Å². The van der Waals surface area contributed by atoms with E-state index in [1.54, 1.807) is 22.9 Å². The summed E-state index contributed by atoms with van der Waals surface area (Å²) in [5.74, 6) is 0.567. The molecule has 132 valence electrons. The number of ketones is 1. The van der Waals surface area contributed by atoms with E-state index in [0.29, 0.717) is 30.0 Å². The molecule has 0 atom stereocenters. The Morgan fingerprint density at radius 3 is 2.88 bits per heavy atom. The second-order valence-corrected chi connectivity index (χ2v) is 6.64. The smallest absolute Gasteiger partial charge is 0.319 e. The summed E-state index contributed by atoms with van der Waals surface area (Å²) in [6.07, 6.45) is 2.18. The van der Waals surface area contributed by atoms with Gasteiger partial charge in [-0.1, -0.05) is 0 Å². The molecule has 0 bridgehead atoms. The molecule has 3 rings (SSSR count). The Kier molecular flexibility index (Phi) is 4.48. The Bertz CT molecular complexity index is 810. The van der Waals surface area contributed by atoms with Crippen LogP contribution in [0.3, 0.4) is 0 Å². The van der Waals surface area contributed by atoms with Crippen molar-refractivity contribution in [3.8, 4) is 5.75 Å². The topological polar surface area (TPSA) is 85.2 Å². The van der Waals surface area contributed by atoms with Gasteiger partial charge in [-0.15, -0.1) is 0 Å². The number of rotatable bonds is 4. The molecule has 25 heavy (non-hydrogen) atoms. The highest BCUT2D eigenvalue weighted by Gasteiger charge is 2.32. The largest absolute Gasteiger partial charge is 0.487 e. The highest BCUT2D eigenvalue weighted by Crippen LogP contribution is 2.34. The fourth-order valence-electron chi connectivity index (χ4n) is 2.75. The molecule has 0 saturated heterocycles. The van der Waals surface area contributed by atoms with Crippen LogP contribution in [0.4, 0.5) is 10.5 Å². The number of nitrogens with one attached hydrogen (secondary N) is 2. The Balaban J connectivity index is 1.62.